The minimum atomic E-state index is 0.207. The van der Waals surface area contributed by atoms with Gasteiger partial charge in [0.1, 0.15) is 5.82 Å². The molecule has 0 aromatic carbocycles. The number of anilines is 2. The minimum absolute atomic E-state index is 0.207. The summed E-state index contributed by atoms with van der Waals surface area (Å²) >= 11 is 0. The van der Waals surface area contributed by atoms with E-state index in [0.717, 1.165) is 26.0 Å². The maximum absolute atomic E-state index is 5.52. The Labute approximate surface area is 95.2 Å². The van der Waals surface area contributed by atoms with Gasteiger partial charge in [0.25, 0.3) is 0 Å². The van der Waals surface area contributed by atoms with E-state index in [9.17, 15) is 0 Å². The van der Waals surface area contributed by atoms with Crippen LogP contribution in [0.4, 0.5) is 11.8 Å². The lowest BCUT2D eigenvalue weighted by Crippen LogP contribution is -2.07. The fraction of sp³-hybridized carbons (Fsp3) is 0.600. The number of nitrogens with two attached hydrogens (primary N) is 1. The second kappa shape index (κ2) is 6.84. The van der Waals surface area contributed by atoms with Crippen LogP contribution in [-0.2, 0) is 4.74 Å². The third-order valence-corrected chi connectivity index (χ3v) is 2.01. The van der Waals surface area contributed by atoms with Crippen LogP contribution >= 0.6 is 0 Å². The number of aromatic nitrogens is 2. The van der Waals surface area contributed by atoms with Gasteiger partial charge in [-0.05, 0) is 12.8 Å². The van der Waals surface area contributed by atoms with E-state index < -0.39 is 0 Å². The maximum Gasteiger partial charge on any atom is 0.225 e. The first kappa shape index (κ1) is 12.5. The van der Waals surface area contributed by atoms with Crippen LogP contribution in [0.3, 0.4) is 0 Å². The molecule has 0 fully saturated rings. The number of rotatable bonds is 7. The standard InChI is InChI=1S/C10H18N4O2/c1-15-6-4-3-5-12-8-7-9(16-2)14-10(11)13-8/h7H,3-6H2,1-2H3,(H3,11,12,13,14). The van der Waals surface area contributed by atoms with Crippen LogP contribution in [0.15, 0.2) is 6.07 Å². The zero-order chi connectivity index (χ0) is 11.8. The van der Waals surface area contributed by atoms with Crippen LogP contribution in [0.1, 0.15) is 12.8 Å². The molecule has 0 atom stereocenters. The molecule has 3 N–H and O–H groups in total. The maximum atomic E-state index is 5.52. The molecule has 0 radical (unpaired) electrons. The lowest BCUT2D eigenvalue weighted by atomic mass is 10.3. The summed E-state index contributed by atoms with van der Waals surface area (Å²) in [7, 11) is 3.24. The molecular weight excluding hydrogens is 208 g/mol. The van der Waals surface area contributed by atoms with Gasteiger partial charge >= 0.3 is 0 Å². The van der Waals surface area contributed by atoms with Crippen LogP contribution in [0.25, 0.3) is 0 Å². The molecule has 6 heteroatoms. The SMILES string of the molecule is COCCCCNc1cc(OC)nc(N)n1. The smallest absolute Gasteiger partial charge is 0.225 e. The zero-order valence-corrected chi connectivity index (χ0v) is 9.69. The summed E-state index contributed by atoms with van der Waals surface area (Å²) in [6.07, 6.45) is 2.03. The van der Waals surface area contributed by atoms with E-state index in [1.54, 1.807) is 20.3 Å². The topological polar surface area (TPSA) is 82.3 Å². The average Bonchev–Trinajstić information content (AvgIpc) is 2.28. The van der Waals surface area contributed by atoms with Gasteiger partial charge in [0.15, 0.2) is 0 Å². The van der Waals surface area contributed by atoms with Crippen molar-refractivity contribution in [3.8, 4) is 5.88 Å². The van der Waals surface area contributed by atoms with Crippen LogP contribution in [0.5, 0.6) is 5.88 Å². The number of hydrogen-bond donors (Lipinski definition) is 2. The number of methoxy groups -OCH3 is 2. The largest absolute Gasteiger partial charge is 0.481 e. The Bertz CT molecular complexity index is 320. The van der Waals surface area contributed by atoms with Crippen LogP contribution in [0, 0.1) is 0 Å². The van der Waals surface area contributed by atoms with E-state index in [1.165, 1.54) is 0 Å². The molecule has 1 aromatic rings. The van der Waals surface area contributed by atoms with E-state index in [-0.39, 0.29) is 5.95 Å². The first-order valence-electron chi connectivity index (χ1n) is 5.17. The van der Waals surface area contributed by atoms with Crippen LogP contribution in [-0.4, -0.2) is 37.3 Å². The van der Waals surface area contributed by atoms with Crippen molar-refractivity contribution in [2.75, 3.05) is 38.4 Å². The summed E-state index contributed by atoms with van der Waals surface area (Å²) in [5.74, 6) is 1.35. The monoisotopic (exact) mass is 226 g/mol. The highest BCUT2D eigenvalue weighted by atomic mass is 16.5. The molecule has 0 aliphatic rings. The first-order valence-corrected chi connectivity index (χ1v) is 5.17. The number of nitrogens with one attached hydrogen (secondary N) is 1. The normalized spacial score (nSPS) is 10.1. The van der Waals surface area contributed by atoms with Crippen molar-refractivity contribution in [2.45, 2.75) is 12.8 Å². The quantitative estimate of drug-likeness (QED) is 0.672. The predicted octanol–water partition coefficient (Wildman–Crippen LogP) is 0.906. The molecule has 0 spiro atoms. The van der Waals surface area contributed by atoms with Crippen molar-refractivity contribution in [1.29, 1.82) is 0 Å². The summed E-state index contributed by atoms with van der Waals surface area (Å²) in [5, 5.41) is 3.15. The van der Waals surface area contributed by atoms with Gasteiger partial charge in [-0.3, -0.25) is 0 Å². The van der Waals surface area contributed by atoms with Gasteiger partial charge in [0.05, 0.1) is 7.11 Å². The minimum Gasteiger partial charge on any atom is -0.481 e. The van der Waals surface area contributed by atoms with Crippen molar-refractivity contribution in [1.82, 2.24) is 9.97 Å². The number of nitrogens with zero attached hydrogens (tertiary/aromatic N) is 2. The molecule has 0 saturated heterocycles. The van der Waals surface area contributed by atoms with E-state index in [1.807, 2.05) is 0 Å². The van der Waals surface area contributed by atoms with Crippen molar-refractivity contribution in [3.63, 3.8) is 0 Å². The molecule has 16 heavy (non-hydrogen) atoms. The molecule has 1 aromatic heterocycles. The third-order valence-electron chi connectivity index (χ3n) is 2.01. The van der Waals surface area contributed by atoms with Crippen molar-refractivity contribution in [3.05, 3.63) is 6.07 Å². The first-order chi connectivity index (χ1) is 7.76. The van der Waals surface area contributed by atoms with Gasteiger partial charge in [-0.25, -0.2) is 0 Å². The molecule has 0 bridgehead atoms. The Morgan fingerprint density at radius 3 is 2.81 bits per heavy atom. The molecule has 1 heterocycles. The molecule has 6 nitrogen and oxygen atoms in total. The fourth-order valence-electron chi connectivity index (χ4n) is 1.23. The van der Waals surface area contributed by atoms with Gasteiger partial charge in [0, 0.05) is 26.3 Å². The molecule has 0 amide bonds. The second-order valence-electron chi connectivity index (χ2n) is 3.28. The molecule has 0 unspecified atom stereocenters. The molecule has 1 rings (SSSR count). The molecule has 90 valence electrons. The summed E-state index contributed by atoms with van der Waals surface area (Å²) in [6.45, 7) is 1.60. The summed E-state index contributed by atoms with van der Waals surface area (Å²) in [5.41, 5.74) is 5.52. The van der Waals surface area contributed by atoms with Crippen LogP contribution in [0.2, 0.25) is 0 Å². The molecule has 0 saturated carbocycles. The Kier molecular flexibility index (Phi) is 5.35. The summed E-state index contributed by atoms with van der Waals surface area (Å²) in [4.78, 5) is 7.94. The summed E-state index contributed by atoms with van der Waals surface area (Å²) in [6, 6.07) is 1.71. The van der Waals surface area contributed by atoms with Gasteiger partial charge in [-0.15, -0.1) is 0 Å². The highest BCUT2D eigenvalue weighted by Gasteiger charge is 2.01. The summed E-state index contributed by atoms with van der Waals surface area (Å²) < 4.78 is 9.95. The van der Waals surface area contributed by atoms with Gasteiger partial charge in [-0.2, -0.15) is 9.97 Å². The van der Waals surface area contributed by atoms with Crippen molar-refractivity contribution < 1.29 is 9.47 Å². The van der Waals surface area contributed by atoms with Crippen LogP contribution < -0.4 is 15.8 Å². The van der Waals surface area contributed by atoms with E-state index in [4.69, 9.17) is 15.2 Å². The van der Waals surface area contributed by atoms with Gasteiger partial charge < -0.3 is 20.5 Å². The number of hydrogen-bond acceptors (Lipinski definition) is 6. The number of nitrogen functional groups attached to an aromatic ring is 1. The highest BCUT2D eigenvalue weighted by molar-refractivity contribution is 5.42. The molecule has 0 aliphatic carbocycles. The average molecular weight is 226 g/mol. The predicted molar refractivity (Wildman–Crippen MR) is 62.6 cm³/mol. The number of ether oxygens (including phenoxy) is 2. The zero-order valence-electron chi connectivity index (χ0n) is 9.69. The van der Waals surface area contributed by atoms with E-state index >= 15 is 0 Å². The lowest BCUT2D eigenvalue weighted by molar-refractivity contribution is 0.194. The Morgan fingerprint density at radius 1 is 1.31 bits per heavy atom. The Hall–Kier alpha value is -1.56. The Morgan fingerprint density at radius 2 is 2.12 bits per heavy atom. The fourth-order valence-corrected chi connectivity index (χ4v) is 1.23. The van der Waals surface area contributed by atoms with Gasteiger partial charge in [-0.1, -0.05) is 0 Å². The third kappa shape index (κ3) is 4.31. The highest BCUT2D eigenvalue weighted by Crippen LogP contribution is 2.13. The second-order valence-corrected chi connectivity index (χ2v) is 3.28. The van der Waals surface area contributed by atoms with Crippen molar-refractivity contribution >= 4 is 11.8 Å². The number of unbranched alkanes of at least 4 members (excludes halogenated alkanes) is 1. The molecular formula is C10H18N4O2. The Balaban J connectivity index is 2.38. The van der Waals surface area contributed by atoms with Gasteiger partial charge in [0.2, 0.25) is 11.8 Å². The lowest BCUT2D eigenvalue weighted by Gasteiger charge is -2.07. The van der Waals surface area contributed by atoms with E-state index in [0.29, 0.717) is 11.7 Å². The van der Waals surface area contributed by atoms with Crippen molar-refractivity contribution in [2.24, 2.45) is 0 Å². The molecule has 0 aliphatic heterocycles. The van der Waals surface area contributed by atoms with E-state index in [2.05, 4.69) is 15.3 Å².